The Balaban J connectivity index is 2.33. The molecule has 0 radical (unpaired) electrons. The molecule has 0 aliphatic carbocycles. The van der Waals surface area contributed by atoms with Crippen LogP contribution >= 0.6 is 0 Å². The second-order valence-electron chi connectivity index (χ2n) is 5.07. The minimum Gasteiger partial charge on any atom is -0.493 e. The standard InChI is InChI=1S/C18H19NO4/c1-12-7-9-15(10-8-12)19-11-14-5-4-6-16(22-3)17(14)23-13(2)18(20)21/h4-11,13H,1-3H3,(H,20,21)/t13-/m0/s1. The average Bonchev–Trinajstić information content (AvgIpc) is 2.55. The lowest BCUT2D eigenvalue weighted by Crippen LogP contribution is -2.23. The van der Waals surface area contributed by atoms with Crippen LogP contribution < -0.4 is 9.47 Å². The van der Waals surface area contributed by atoms with Crippen molar-refractivity contribution >= 4 is 17.9 Å². The third kappa shape index (κ3) is 4.32. The molecule has 2 aromatic rings. The molecule has 2 rings (SSSR count). The van der Waals surface area contributed by atoms with Crippen molar-refractivity contribution in [3.8, 4) is 11.5 Å². The first-order valence-corrected chi connectivity index (χ1v) is 7.18. The lowest BCUT2D eigenvalue weighted by atomic mass is 10.2. The molecule has 0 aliphatic rings. The van der Waals surface area contributed by atoms with Crippen LogP contribution in [0.15, 0.2) is 47.5 Å². The van der Waals surface area contributed by atoms with E-state index in [-0.39, 0.29) is 0 Å². The summed E-state index contributed by atoms with van der Waals surface area (Å²) in [5, 5.41) is 9.03. The third-order valence-electron chi connectivity index (χ3n) is 3.26. The van der Waals surface area contributed by atoms with Gasteiger partial charge in [-0.25, -0.2) is 4.79 Å². The van der Waals surface area contributed by atoms with E-state index in [0.29, 0.717) is 17.1 Å². The maximum absolute atomic E-state index is 11.0. The number of para-hydroxylation sites is 1. The number of ether oxygens (including phenoxy) is 2. The van der Waals surface area contributed by atoms with Gasteiger partial charge in [0.1, 0.15) is 0 Å². The molecule has 1 atom stereocenters. The van der Waals surface area contributed by atoms with Gasteiger partial charge in [-0.3, -0.25) is 4.99 Å². The van der Waals surface area contributed by atoms with Gasteiger partial charge in [-0.15, -0.1) is 0 Å². The smallest absolute Gasteiger partial charge is 0.344 e. The molecule has 0 aromatic heterocycles. The molecule has 0 unspecified atom stereocenters. The number of hydrogen-bond donors (Lipinski definition) is 1. The van der Waals surface area contributed by atoms with Crippen molar-refractivity contribution in [3.63, 3.8) is 0 Å². The third-order valence-corrected chi connectivity index (χ3v) is 3.26. The van der Waals surface area contributed by atoms with Crippen molar-refractivity contribution in [1.29, 1.82) is 0 Å². The Morgan fingerprint density at radius 2 is 1.91 bits per heavy atom. The number of aryl methyl sites for hydroxylation is 1. The van der Waals surface area contributed by atoms with E-state index in [1.807, 2.05) is 31.2 Å². The fourth-order valence-corrected chi connectivity index (χ4v) is 1.92. The van der Waals surface area contributed by atoms with Crippen LogP contribution in [-0.4, -0.2) is 30.5 Å². The van der Waals surface area contributed by atoms with Crippen LogP contribution in [0, 0.1) is 6.92 Å². The van der Waals surface area contributed by atoms with Gasteiger partial charge in [-0.2, -0.15) is 0 Å². The predicted octanol–water partition coefficient (Wildman–Crippen LogP) is 3.61. The lowest BCUT2D eigenvalue weighted by Gasteiger charge is -2.15. The number of nitrogens with zero attached hydrogens (tertiary/aromatic N) is 1. The van der Waals surface area contributed by atoms with Gasteiger partial charge in [-0.1, -0.05) is 23.8 Å². The molecule has 0 bridgehead atoms. The summed E-state index contributed by atoms with van der Waals surface area (Å²) < 4.78 is 10.8. The van der Waals surface area contributed by atoms with Crippen molar-refractivity contribution in [2.45, 2.75) is 20.0 Å². The summed E-state index contributed by atoms with van der Waals surface area (Å²) in [5.74, 6) is -0.218. The van der Waals surface area contributed by atoms with E-state index < -0.39 is 12.1 Å². The SMILES string of the molecule is COc1cccc(C=Nc2ccc(C)cc2)c1O[C@@H](C)C(=O)O. The quantitative estimate of drug-likeness (QED) is 0.827. The largest absolute Gasteiger partial charge is 0.493 e. The summed E-state index contributed by atoms with van der Waals surface area (Å²) in [7, 11) is 1.51. The first-order chi connectivity index (χ1) is 11.0. The fraction of sp³-hybridized carbons (Fsp3) is 0.222. The Hall–Kier alpha value is -2.82. The minimum atomic E-state index is -1.04. The summed E-state index contributed by atoms with van der Waals surface area (Å²) in [4.78, 5) is 15.4. The molecule has 0 spiro atoms. The zero-order chi connectivity index (χ0) is 16.8. The topological polar surface area (TPSA) is 68.1 Å². The van der Waals surface area contributed by atoms with Crippen LogP contribution in [0.3, 0.4) is 0 Å². The van der Waals surface area contributed by atoms with Gasteiger partial charge in [0.25, 0.3) is 0 Å². The number of carbonyl (C=O) groups is 1. The molecule has 23 heavy (non-hydrogen) atoms. The van der Waals surface area contributed by atoms with Crippen LogP contribution in [0.25, 0.3) is 0 Å². The number of aliphatic imine (C=N–C) groups is 1. The minimum absolute atomic E-state index is 0.362. The Bertz CT molecular complexity index is 707. The van der Waals surface area contributed by atoms with Crippen molar-refractivity contribution in [2.75, 3.05) is 7.11 Å². The van der Waals surface area contributed by atoms with Crippen LogP contribution in [0.5, 0.6) is 11.5 Å². The zero-order valence-corrected chi connectivity index (χ0v) is 13.3. The summed E-state index contributed by atoms with van der Waals surface area (Å²) in [6.45, 7) is 3.48. The monoisotopic (exact) mass is 313 g/mol. The molecule has 0 saturated heterocycles. The average molecular weight is 313 g/mol. The first kappa shape index (κ1) is 16.5. The van der Waals surface area contributed by atoms with Crippen LogP contribution in [0.2, 0.25) is 0 Å². The predicted molar refractivity (Wildman–Crippen MR) is 89.2 cm³/mol. The van der Waals surface area contributed by atoms with Crippen LogP contribution in [0.4, 0.5) is 5.69 Å². The molecule has 120 valence electrons. The molecular weight excluding hydrogens is 294 g/mol. The molecular formula is C18H19NO4. The highest BCUT2D eigenvalue weighted by Gasteiger charge is 2.17. The zero-order valence-electron chi connectivity index (χ0n) is 13.3. The van der Waals surface area contributed by atoms with Gasteiger partial charge in [0.15, 0.2) is 17.6 Å². The van der Waals surface area contributed by atoms with Crippen molar-refractivity contribution in [2.24, 2.45) is 4.99 Å². The van der Waals surface area contributed by atoms with Crippen molar-refractivity contribution in [1.82, 2.24) is 0 Å². The van der Waals surface area contributed by atoms with E-state index in [4.69, 9.17) is 14.6 Å². The summed E-state index contributed by atoms with van der Waals surface area (Å²) in [6.07, 6.45) is 0.648. The number of carboxylic acid groups (broad SMARTS) is 1. The number of rotatable bonds is 6. The summed E-state index contributed by atoms with van der Waals surface area (Å²) >= 11 is 0. The van der Waals surface area contributed by atoms with Gasteiger partial charge < -0.3 is 14.6 Å². The van der Waals surface area contributed by atoms with E-state index in [2.05, 4.69) is 4.99 Å². The normalized spacial score (nSPS) is 12.1. The maximum atomic E-state index is 11.0. The lowest BCUT2D eigenvalue weighted by molar-refractivity contribution is -0.144. The molecule has 0 heterocycles. The highest BCUT2D eigenvalue weighted by Crippen LogP contribution is 2.31. The molecule has 1 N–H and O–H groups in total. The molecule has 2 aromatic carbocycles. The highest BCUT2D eigenvalue weighted by atomic mass is 16.5. The second kappa shape index (κ2) is 7.45. The number of methoxy groups -OCH3 is 1. The van der Waals surface area contributed by atoms with Gasteiger partial charge in [0, 0.05) is 11.8 Å². The van der Waals surface area contributed by atoms with E-state index in [9.17, 15) is 4.79 Å². The molecule has 5 nitrogen and oxygen atoms in total. The maximum Gasteiger partial charge on any atom is 0.344 e. The molecule has 0 fully saturated rings. The molecule has 0 amide bonds. The number of aliphatic carboxylic acids is 1. The first-order valence-electron chi connectivity index (χ1n) is 7.18. The molecule has 0 saturated carbocycles. The summed E-state index contributed by atoms with van der Waals surface area (Å²) in [5.41, 5.74) is 2.61. The van der Waals surface area contributed by atoms with Crippen molar-refractivity contribution in [3.05, 3.63) is 53.6 Å². The fourth-order valence-electron chi connectivity index (χ4n) is 1.92. The molecule has 0 aliphatic heterocycles. The Kier molecular flexibility index (Phi) is 5.36. The van der Waals surface area contributed by atoms with Crippen LogP contribution in [0.1, 0.15) is 18.1 Å². The van der Waals surface area contributed by atoms with Gasteiger partial charge in [-0.05, 0) is 38.1 Å². The highest BCUT2D eigenvalue weighted by molar-refractivity contribution is 5.87. The van der Waals surface area contributed by atoms with E-state index in [1.165, 1.54) is 14.0 Å². The van der Waals surface area contributed by atoms with Crippen molar-refractivity contribution < 1.29 is 19.4 Å². The molecule has 5 heteroatoms. The van der Waals surface area contributed by atoms with Gasteiger partial charge in [0.05, 0.1) is 12.8 Å². The van der Waals surface area contributed by atoms with E-state index in [1.54, 1.807) is 24.4 Å². The van der Waals surface area contributed by atoms with E-state index >= 15 is 0 Å². The van der Waals surface area contributed by atoms with E-state index in [0.717, 1.165) is 11.3 Å². The second-order valence-corrected chi connectivity index (χ2v) is 5.07. The summed E-state index contributed by atoms with van der Waals surface area (Å²) in [6, 6.07) is 13.1. The van der Waals surface area contributed by atoms with Gasteiger partial charge in [0.2, 0.25) is 0 Å². The Morgan fingerprint density at radius 1 is 1.22 bits per heavy atom. The number of carboxylic acids is 1. The number of hydrogen-bond acceptors (Lipinski definition) is 4. The van der Waals surface area contributed by atoms with Gasteiger partial charge >= 0.3 is 5.97 Å². The Morgan fingerprint density at radius 3 is 2.52 bits per heavy atom. The van der Waals surface area contributed by atoms with Crippen LogP contribution in [-0.2, 0) is 4.79 Å². The number of benzene rings is 2. The Labute approximate surface area is 135 Å².